The lowest BCUT2D eigenvalue weighted by molar-refractivity contribution is -0.682. The average Bonchev–Trinajstić information content (AvgIpc) is 2.53. The summed E-state index contributed by atoms with van der Waals surface area (Å²) in [6.07, 6.45) is 0. The quantitative estimate of drug-likeness (QED) is 0.626. The second-order valence-corrected chi connectivity index (χ2v) is 5.22. The van der Waals surface area contributed by atoms with Gasteiger partial charge in [0.1, 0.15) is 23.4 Å². The molecule has 1 amide bonds. The van der Waals surface area contributed by atoms with Crippen molar-refractivity contribution in [1.29, 1.82) is 0 Å². The molecule has 2 rings (SSSR count). The van der Waals surface area contributed by atoms with Crippen LogP contribution in [0.25, 0.3) is 0 Å². The standard InChI is InChI=1S/C16H15F2N3O3/c1-10(12-7-6-11(17)8-13(12)18)19-9-16(22)20-14-4-2-3-5-15(14)21(23)24/h2-8,10,19H,9H2,1H3,(H,20,22)/p+1/t10-/m0/s1. The van der Waals surface area contributed by atoms with E-state index in [1.807, 2.05) is 0 Å². The fourth-order valence-electron chi connectivity index (χ4n) is 2.22. The summed E-state index contributed by atoms with van der Waals surface area (Å²) in [4.78, 5) is 22.2. The summed E-state index contributed by atoms with van der Waals surface area (Å²) in [5.74, 6) is -1.81. The van der Waals surface area contributed by atoms with Gasteiger partial charge in [0, 0.05) is 17.7 Å². The molecular weight excluding hydrogens is 320 g/mol. The smallest absolute Gasteiger partial charge is 0.292 e. The number of quaternary nitrogens is 1. The molecule has 8 heteroatoms. The molecule has 2 aromatic rings. The van der Waals surface area contributed by atoms with Crippen LogP contribution in [0.3, 0.4) is 0 Å². The van der Waals surface area contributed by atoms with Gasteiger partial charge in [0.25, 0.3) is 11.6 Å². The minimum atomic E-state index is -0.683. The molecule has 0 bridgehead atoms. The molecule has 6 nitrogen and oxygen atoms in total. The Bertz CT molecular complexity index is 768. The van der Waals surface area contributed by atoms with Crippen LogP contribution in [0.15, 0.2) is 42.5 Å². The molecule has 0 aliphatic rings. The minimum absolute atomic E-state index is 0.0654. The first kappa shape index (κ1) is 17.5. The van der Waals surface area contributed by atoms with Crippen molar-refractivity contribution in [3.8, 4) is 0 Å². The summed E-state index contributed by atoms with van der Waals surface area (Å²) in [6.45, 7) is 1.61. The number of para-hydroxylation sites is 2. The van der Waals surface area contributed by atoms with Gasteiger partial charge in [-0.3, -0.25) is 14.9 Å². The van der Waals surface area contributed by atoms with Crippen molar-refractivity contribution in [2.24, 2.45) is 0 Å². The van der Waals surface area contributed by atoms with Gasteiger partial charge in [-0.05, 0) is 25.1 Å². The van der Waals surface area contributed by atoms with E-state index in [9.17, 15) is 23.7 Å². The van der Waals surface area contributed by atoms with E-state index in [-0.39, 0.29) is 23.5 Å². The molecule has 0 unspecified atom stereocenters. The molecule has 0 heterocycles. The third-order valence-corrected chi connectivity index (χ3v) is 3.48. The molecular formula is C16H16F2N3O3+. The van der Waals surface area contributed by atoms with Crippen molar-refractivity contribution in [3.05, 3.63) is 69.8 Å². The lowest BCUT2D eigenvalue weighted by atomic mass is 10.1. The molecule has 0 aliphatic heterocycles. The zero-order valence-corrected chi connectivity index (χ0v) is 12.8. The maximum atomic E-state index is 13.7. The highest BCUT2D eigenvalue weighted by Crippen LogP contribution is 2.22. The molecule has 0 aliphatic carbocycles. The van der Waals surface area contributed by atoms with Gasteiger partial charge in [0.2, 0.25) is 0 Å². The predicted molar refractivity (Wildman–Crippen MR) is 83.3 cm³/mol. The van der Waals surface area contributed by atoms with Crippen LogP contribution in [0.4, 0.5) is 20.2 Å². The first-order valence-corrected chi connectivity index (χ1v) is 7.20. The van der Waals surface area contributed by atoms with Crippen LogP contribution in [0.5, 0.6) is 0 Å². The van der Waals surface area contributed by atoms with Crippen LogP contribution in [0, 0.1) is 21.7 Å². The average molecular weight is 336 g/mol. The number of nitrogens with zero attached hydrogens (tertiary/aromatic N) is 1. The summed E-state index contributed by atoms with van der Waals surface area (Å²) in [6, 6.07) is 8.63. The molecule has 3 N–H and O–H groups in total. The third kappa shape index (κ3) is 4.32. The summed E-state index contributed by atoms with van der Waals surface area (Å²) < 4.78 is 26.6. The predicted octanol–water partition coefficient (Wildman–Crippen LogP) is 2.14. The summed E-state index contributed by atoms with van der Waals surface area (Å²) >= 11 is 0. The number of benzene rings is 2. The van der Waals surface area contributed by atoms with Gasteiger partial charge in [-0.25, -0.2) is 8.78 Å². The zero-order chi connectivity index (χ0) is 17.7. The number of nitro benzene ring substituents is 1. The van der Waals surface area contributed by atoms with E-state index in [1.165, 1.54) is 24.3 Å². The number of hydrogen-bond acceptors (Lipinski definition) is 3. The van der Waals surface area contributed by atoms with Crippen LogP contribution in [0.2, 0.25) is 0 Å². The van der Waals surface area contributed by atoms with Gasteiger partial charge in [0.15, 0.2) is 6.54 Å². The Labute approximate surface area is 136 Å². The minimum Gasteiger partial charge on any atom is -0.332 e. The van der Waals surface area contributed by atoms with E-state index in [1.54, 1.807) is 18.3 Å². The van der Waals surface area contributed by atoms with Crippen LogP contribution >= 0.6 is 0 Å². The number of nitrogens with one attached hydrogen (secondary N) is 1. The monoisotopic (exact) mass is 336 g/mol. The van der Waals surface area contributed by atoms with Gasteiger partial charge in [-0.15, -0.1) is 0 Å². The SMILES string of the molecule is C[C@H]([NH2+]CC(=O)Nc1ccccc1[N+](=O)[O-])c1ccc(F)cc1F. The van der Waals surface area contributed by atoms with E-state index in [2.05, 4.69) is 5.32 Å². The van der Waals surface area contributed by atoms with Crippen LogP contribution in [-0.4, -0.2) is 17.4 Å². The molecule has 126 valence electrons. The van der Waals surface area contributed by atoms with Gasteiger partial charge < -0.3 is 10.6 Å². The van der Waals surface area contributed by atoms with Crippen LogP contribution < -0.4 is 10.6 Å². The molecule has 1 atom stereocenters. The van der Waals surface area contributed by atoms with Crippen molar-refractivity contribution in [2.45, 2.75) is 13.0 Å². The first-order chi connectivity index (χ1) is 11.4. The van der Waals surface area contributed by atoms with Gasteiger partial charge >= 0.3 is 0 Å². The number of anilines is 1. The summed E-state index contributed by atoms with van der Waals surface area (Å²) in [5, 5.41) is 14.9. The highest BCUT2D eigenvalue weighted by molar-refractivity contribution is 5.93. The second kappa shape index (κ2) is 7.60. The van der Waals surface area contributed by atoms with Gasteiger partial charge in [0.05, 0.1) is 4.92 Å². The number of nitrogens with two attached hydrogens (primary N) is 1. The number of halogens is 2. The van der Waals surface area contributed by atoms with Crippen molar-refractivity contribution >= 4 is 17.3 Å². The van der Waals surface area contributed by atoms with Crippen molar-refractivity contribution < 1.29 is 23.8 Å². The van der Waals surface area contributed by atoms with E-state index < -0.39 is 28.5 Å². The number of nitro groups is 1. The number of rotatable bonds is 6. The molecule has 0 aromatic heterocycles. The fourth-order valence-corrected chi connectivity index (χ4v) is 2.22. The Morgan fingerprint density at radius 3 is 2.67 bits per heavy atom. The molecule has 0 spiro atoms. The fraction of sp³-hybridized carbons (Fsp3) is 0.188. The van der Waals surface area contributed by atoms with E-state index in [0.29, 0.717) is 0 Å². The Morgan fingerprint density at radius 1 is 1.29 bits per heavy atom. The molecule has 0 radical (unpaired) electrons. The van der Waals surface area contributed by atoms with E-state index >= 15 is 0 Å². The highest BCUT2D eigenvalue weighted by Gasteiger charge is 2.18. The number of hydrogen-bond donors (Lipinski definition) is 2. The lowest BCUT2D eigenvalue weighted by Gasteiger charge is -2.12. The number of carbonyl (C=O) groups is 1. The van der Waals surface area contributed by atoms with Crippen LogP contribution in [0.1, 0.15) is 18.5 Å². The maximum Gasteiger partial charge on any atom is 0.292 e. The Balaban J connectivity index is 1.97. The molecule has 0 fully saturated rings. The molecule has 0 saturated heterocycles. The lowest BCUT2D eigenvalue weighted by Crippen LogP contribution is -2.86. The van der Waals surface area contributed by atoms with Gasteiger partial charge in [-0.2, -0.15) is 0 Å². The third-order valence-electron chi connectivity index (χ3n) is 3.48. The second-order valence-electron chi connectivity index (χ2n) is 5.22. The first-order valence-electron chi connectivity index (χ1n) is 7.20. The van der Waals surface area contributed by atoms with Crippen molar-refractivity contribution in [3.63, 3.8) is 0 Å². The van der Waals surface area contributed by atoms with Gasteiger partial charge in [-0.1, -0.05) is 12.1 Å². The Morgan fingerprint density at radius 2 is 2.00 bits per heavy atom. The van der Waals surface area contributed by atoms with Crippen molar-refractivity contribution in [2.75, 3.05) is 11.9 Å². The zero-order valence-electron chi connectivity index (χ0n) is 12.8. The number of amides is 1. The number of carbonyl (C=O) groups excluding carboxylic acids is 1. The Hall–Kier alpha value is -2.87. The molecule has 24 heavy (non-hydrogen) atoms. The normalized spacial score (nSPS) is 11.8. The molecule has 2 aromatic carbocycles. The summed E-state index contributed by atoms with van der Waals surface area (Å²) in [7, 11) is 0. The largest absolute Gasteiger partial charge is 0.332 e. The Kier molecular flexibility index (Phi) is 5.54. The van der Waals surface area contributed by atoms with E-state index in [0.717, 1.165) is 12.1 Å². The topological polar surface area (TPSA) is 88.8 Å². The molecule has 0 saturated carbocycles. The van der Waals surface area contributed by atoms with Crippen LogP contribution in [-0.2, 0) is 4.79 Å². The highest BCUT2D eigenvalue weighted by atomic mass is 19.1. The summed E-state index contributed by atoms with van der Waals surface area (Å²) in [5.41, 5.74) is 0.167. The van der Waals surface area contributed by atoms with Crippen molar-refractivity contribution in [1.82, 2.24) is 0 Å². The van der Waals surface area contributed by atoms with E-state index in [4.69, 9.17) is 0 Å². The maximum absolute atomic E-state index is 13.7.